The van der Waals surface area contributed by atoms with E-state index in [2.05, 4.69) is 5.32 Å². The Labute approximate surface area is 201 Å². The van der Waals surface area contributed by atoms with Crippen molar-refractivity contribution in [2.45, 2.75) is 32.7 Å². The highest BCUT2D eigenvalue weighted by molar-refractivity contribution is 7.99. The summed E-state index contributed by atoms with van der Waals surface area (Å²) in [6.07, 6.45) is 0. The molecule has 0 bridgehead atoms. The van der Waals surface area contributed by atoms with Gasteiger partial charge in [-0.3, -0.25) is 9.59 Å². The number of carbonyl (C=O) groups excluding carboxylic acids is 3. The highest BCUT2D eigenvalue weighted by Crippen LogP contribution is 2.35. The first-order chi connectivity index (χ1) is 15.6. The molecule has 0 aliphatic rings. The van der Waals surface area contributed by atoms with Crippen LogP contribution in [-0.2, 0) is 9.53 Å². The molecule has 33 heavy (non-hydrogen) atoms. The fourth-order valence-corrected chi connectivity index (χ4v) is 5.36. The molecular formula is C24H27N3O4S2. The molecule has 0 fully saturated rings. The van der Waals surface area contributed by atoms with Crippen molar-refractivity contribution in [1.82, 2.24) is 9.88 Å². The van der Waals surface area contributed by atoms with Gasteiger partial charge in [-0.25, -0.2) is 9.78 Å². The molecule has 0 radical (unpaired) electrons. The van der Waals surface area contributed by atoms with Gasteiger partial charge in [-0.1, -0.05) is 30.0 Å². The standard InChI is InChI=1S/C24H27N3O4S2/c1-7-31-24(30)19-15(4)21(23(29)27(5)6)33-22(19)25-17(28)12-32-18-11-14(3)16-10-8-9-13(2)20(16)26-18/h8-11H,7,12H2,1-6H3,(H,25,28). The Morgan fingerprint density at radius 1 is 1.15 bits per heavy atom. The Hall–Kier alpha value is -2.91. The molecule has 174 valence electrons. The van der Waals surface area contributed by atoms with E-state index in [0.717, 1.165) is 38.4 Å². The van der Waals surface area contributed by atoms with E-state index in [-0.39, 0.29) is 29.7 Å². The number of amides is 2. The van der Waals surface area contributed by atoms with Crippen LogP contribution in [0, 0.1) is 20.8 Å². The minimum atomic E-state index is -0.561. The van der Waals surface area contributed by atoms with Gasteiger partial charge in [0.25, 0.3) is 5.91 Å². The lowest BCUT2D eigenvalue weighted by atomic mass is 10.1. The van der Waals surface area contributed by atoms with Gasteiger partial charge in [0.2, 0.25) is 5.91 Å². The van der Waals surface area contributed by atoms with Crippen LogP contribution < -0.4 is 5.32 Å². The summed E-state index contributed by atoms with van der Waals surface area (Å²) >= 11 is 2.41. The zero-order chi connectivity index (χ0) is 24.3. The number of esters is 1. The lowest BCUT2D eigenvalue weighted by Gasteiger charge is -2.09. The maximum absolute atomic E-state index is 12.8. The van der Waals surface area contributed by atoms with Crippen LogP contribution >= 0.6 is 23.1 Å². The van der Waals surface area contributed by atoms with Gasteiger partial charge >= 0.3 is 5.97 Å². The molecule has 2 heterocycles. The lowest BCUT2D eigenvalue weighted by molar-refractivity contribution is -0.113. The number of fused-ring (bicyclic) bond motifs is 1. The number of pyridine rings is 1. The third kappa shape index (κ3) is 5.36. The number of aryl methyl sites for hydroxylation is 2. The first-order valence-corrected chi connectivity index (χ1v) is 12.3. The summed E-state index contributed by atoms with van der Waals surface area (Å²) in [7, 11) is 3.28. The van der Waals surface area contributed by atoms with Crippen molar-refractivity contribution in [2.75, 3.05) is 31.8 Å². The van der Waals surface area contributed by atoms with Gasteiger partial charge in [0, 0.05) is 19.5 Å². The quantitative estimate of drug-likeness (QED) is 0.381. The Balaban J connectivity index is 1.82. The van der Waals surface area contributed by atoms with E-state index < -0.39 is 5.97 Å². The SMILES string of the molecule is CCOC(=O)c1c(NC(=O)CSc2cc(C)c3cccc(C)c3n2)sc(C(=O)N(C)C)c1C. The minimum Gasteiger partial charge on any atom is -0.462 e. The van der Waals surface area contributed by atoms with Crippen molar-refractivity contribution in [2.24, 2.45) is 0 Å². The van der Waals surface area contributed by atoms with Crippen LogP contribution in [0.2, 0.25) is 0 Å². The maximum atomic E-state index is 12.8. The summed E-state index contributed by atoms with van der Waals surface area (Å²) in [4.78, 5) is 44.4. The van der Waals surface area contributed by atoms with Crippen LogP contribution in [-0.4, -0.2) is 54.1 Å². The zero-order valence-corrected chi connectivity index (χ0v) is 21.2. The molecule has 7 nitrogen and oxygen atoms in total. The number of nitrogens with one attached hydrogen (secondary N) is 1. The Kier molecular flexibility index (Phi) is 7.76. The van der Waals surface area contributed by atoms with E-state index >= 15 is 0 Å². The molecule has 0 aliphatic carbocycles. The second-order valence-corrected chi connectivity index (χ2v) is 9.78. The molecule has 0 saturated heterocycles. The van der Waals surface area contributed by atoms with Crippen molar-refractivity contribution in [3.63, 3.8) is 0 Å². The number of ether oxygens (including phenoxy) is 1. The van der Waals surface area contributed by atoms with E-state index in [9.17, 15) is 14.4 Å². The van der Waals surface area contributed by atoms with Crippen LogP contribution in [0.3, 0.4) is 0 Å². The Bertz CT molecular complexity index is 1230. The van der Waals surface area contributed by atoms with Crippen LogP contribution in [0.4, 0.5) is 5.00 Å². The van der Waals surface area contributed by atoms with Gasteiger partial charge in [0.05, 0.1) is 33.3 Å². The van der Waals surface area contributed by atoms with Gasteiger partial charge in [-0.05, 0) is 50.5 Å². The molecule has 0 saturated carbocycles. The van der Waals surface area contributed by atoms with Crippen LogP contribution in [0.15, 0.2) is 29.3 Å². The summed E-state index contributed by atoms with van der Waals surface area (Å²) in [6.45, 7) is 7.63. The van der Waals surface area contributed by atoms with Gasteiger partial charge in [-0.15, -0.1) is 11.3 Å². The van der Waals surface area contributed by atoms with E-state index in [1.165, 1.54) is 16.7 Å². The predicted molar refractivity (Wildman–Crippen MR) is 134 cm³/mol. The second kappa shape index (κ2) is 10.4. The number of hydrogen-bond acceptors (Lipinski definition) is 7. The third-order valence-corrected chi connectivity index (χ3v) is 7.16. The highest BCUT2D eigenvalue weighted by atomic mass is 32.2. The molecule has 0 aliphatic heterocycles. The number of thiophene rings is 1. The number of para-hydroxylation sites is 1. The van der Waals surface area contributed by atoms with Gasteiger partial charge in [0.1, 0.15) is 5.00 Å². The number of thioether (sulfide) groups is 1. The largest absolute Gasteiger partial charge is 0.462 e. The number of rotatable bonds is 7. The maximum Gasteiger partial charge on any atom is 0.341 e. The Morgan fingerprint density at radius 2 is 1.88 bits per heavy atom. The van der Waals surface area contributed by atoms with Crippen molar-refractivity contribution >= 4 is 56.8 Å². The highest BCUT2D eigenvalue weighted by Gasteiger charge is 2.27. The summed E-state index contributed by atoms with van der Waals surface area (Å²) in [5, 5.41) is 4.96. The molecule has 0 atom stereocenters. The fourth-order valence-electron chi connectivity index (χ4n) is 3.36. The predicted octanol–water partition coefficient (Wildman–Crippen LogP) is 4.83. The summed E-state index contributed by atoms with van der Waals surface area (Å²) in [5.41, 5.74) is 3.82. The normalized spacial score (nSPS) is 10.8. The lowest BCUT2D eigenvalue weighted by Crippen LogP contribution is -2.21. The van der Waals surface area contributed by atoms with Crippen molar-refractivity contribution in [3.05, 3.63) is 51.4 Å². The number of benzene rings is 1. The average molecular weight is 486 g/mol. The summed E-state index contributed by atoms with van der Waals surface area (Å²) in [5.74, 6) is -0.974. The van der Waals surface area contributed by atoms with Crippen molar-refractivity contribution in [1.29, 1.82) is 0 Å². The Morgan fingerprint density at radius 3 is 2.55 bits per heavy atom. The van der Waals surface area contributed by atoms with E-state index in [0.29, 0.717) is 15.4 Å². The number of hydrogen-bond donors (Lipinski definition) is 1. The number of anilines is 1. The van der Waals surface area contributed by atoms with Crippen molar-refractivity contribution in [3.8, 4) is 0 Å². The van der Waals surface area contributed by atoms with E-state index in [1.807, 2.05) is 38.1 Å². The van der Waals surface area contributed by atoms with Crippen molar-refractivity contribution < 1.29 is 19.1 Å². The molecular weight excluding hydrogens is 458 g/mol. The monoisotopic (exact) mass is 485 g/mol. The second-order valence-electron chi connectivity index (χ2n) is 7.77. The topological polar surface area (TPSA) is 88.6 Å². The molecule has 3 rings (SSSR count). The number of aromatic nitrogens is 1. The fraction of sp³-hybridized carbons (Fsp3) is 0.333. The molecule has 9 heteroatoms. The molecule has 3 aromatic rings. The van der Waals surface area contributed by atoms with Gasteiger partial charge < -0.3 is 15.0 Å². The number of carbonyl (C=O) groups is 3. The summed E-state index contributed by atoms with van der Waals surface area (Å²) < 4.78 is 5.16. The van der Waals surface area contributed by atoms with E-state index in [1.54, 1.807) is 27.9 Å². The molecule has 0 spiro atoms. The van der Waals surface area contributed by atoms with E-state index in [4.69, 9.17) is 9.72 Å². The molecule has 2 aromatic heterocycles. The molecule has 2 amide bonds. The zero-order valence-electron chi connectivity index (χ0n) is 19.6. The molecule has 1 aromatic carbocycles. The first kappa shape index (κ1) is 24.7. The summed E-state index contributed by atoms with van der Waals surface area (Å²) in [6, 6.07) is 8.02. The smallest absolute Gasteiger partial charge is 0.341 e. The average Bonchev–Trinajstić information content (AvgIpc) is 3.08. The number of nitrogens with zero attached hydrogens (tertiary/aromatic N) is 2. The van der Waals surface area contributed by atoms with Gasteiger partial charge in [0.15, 0.2) is 0 Å². The van der Waals surface area contributed by atoms with Crippen LogP contribution in [0.25, 0.3) is 10.9 Å². The van der Waals surface area contributed by atoms with Crippen LogP contribution in [0.1, 0.15) is 43.6 Å². The molecule has 1 N–H and O–H groups in total. The first-order valence-electron chi connectivity index (χ1n) is 10.5. The third-order valence-electron chi connectivity index (χ3n) is 5.06. The minimum absolute atomic E-state index is 0.111. The molecule has 0 unspecified atom stereocenters. The van der Waals surface area contributed by atoms with Crippen LogP contribution in [0.5, 0.6) is 0 Å². The van der Waals surface area contributed by atoms with Gasteiger partial charge in [-0.2, -0.15) is 0 Å².